The molecule has 0 heterocycles. The minimum Gasteiger partial charge on any atom is -0.398 e. The molecule has 0 aliphatic carbocycles. The highest BCUT2D eigenvalue weighted by atomic mass is 16.3. The molecule has 0 aromatic heterocycles. The van der Waals surface area contributed by atoms with Gasteiger partial charge in [0, 0.05) is 24.1 Å². The molecule has 2 aromatic rings. The van der Waals surface area contributed by atoms with Gasteiger partial charge in [0.1, 0.15) is 5.78 Å². The molecule has 0 bridgehead atoms. The second kappa shape index (κ2) is 7.04. The fourth-order valence-electron chi connectivity index (χ4n) is 2.32. The van der Waals surface area contributed by atoms with Crippen LogP contribution in [0.2, 0.25) is 0 Å². The summed E-state index contributed by atoms with van der Waals surface area (Å²) in [6, 6.07) is 15.6. The maximum Gasteiger partial charge on any atom is 0.132 e. The number of aliphatic hydroxyl groups excluding tert-OH is 1. The molecule has 0 aliphatic rings. The van der Waals surface area contributed by atoms with E-state index in [4.69, 9.17) is 5.73 Å². The summed E-state index contributed by atoms with van der Waals surface area (Å²) in [6.07, 6.45) is 0.624. The normalized spacial score (nSPS) is 12.1. The standard InChI is InChI=1S/C18H21NO2/c1-2-15(20)9-11-18(21)16-10-8-14(12-17(16)19)13-6-4-3-5-7-13/h3-8,10,12,18,21H,2,9,11,19H2,1H3. The topological polar surface area (TPSA) is 63.3 Å². The molecular formula is C18H21NO2. The summed E-state index contributed by atoms with van der Waals surface area (Å²) in [5.41, 5.74) is 9.42. The van der Waals surface area contributed by atoms with Gasteiger partial charge in [0.25, 0.3) is 0 Å². The third-order valence-electron chi connectivity index (χ3n) is 3.64. The highest BCUT2D eigenvalue weighted by molar-refractivity contribution is 5.78. The van der Waals surface area contributed by atoms with Crippen molar-refractivity contribution in [2.24, 2.45) is 0 Å². The average molecular weight is 283 g/mol. The van der Waals surface area contributed by atoms with Gasteiger partial charge in [-0.25, -0.2) is 0 Å². The Morgan fingerprint density at radius 1 is 1.14 bits per heavy atom. The van der Waals surface area contributed by atoms with E-state index in [0.717, 1.165) is 11.1 Å². The van der Waals surface area contributed by atoms with E-state index in [-0.39, 0.29) is 5.78 Å². The lowest BCUT2D eigenvalue weighted by Crippen LogP contribution is -2.05. The molecule has 1 unspecified atom stereocenters. The van der Waals surface area contributed by atoms with Crippen molar-refractivity contribution in [3.63, 3.8) is 0 Å². The van der Waals surface area contributed by atoms with Crippen molar-refractivity contribution in [3.8, 4) is 11.1 Å². The summed E-state index contributed by atoms with van der Waals surface area (Å²) in [7, 11) is 0. The molecule has 0 amide bonds. The second-order valence-electron chi connectivity index (χ2n) is 5.16. The van der Waals surface area contributed by atoms with Crippen LogP contribution in [-0.2, 0) is 4.79 Å². The Bertz CT molecular complexity index is 608. The number of anilines is 1. The number of aliphatic hydroxyl groups is 1. The van der Waals surface area contributed by atoms with E-state index >= 15 is 0 Å². The van der Waals surface area contributed by atoms with Gasteiger partial charge in [-0.3, -0.25) is 4.79 Å². The maximum absolute atomic E-state index is 11.3. The summed E-state index contributed by atoms with van der Waals surface area (Å²) < 4.78 is 0. The van der Waals surface area contributed by atoms with Gasteiger partial charge in [-0.1, -0.05) is 49.4 Å². The average Bonchev–Trinajstić information content (AvgIpc) is 2.53. The van der Waals surface area contributed by atoms with Crippen molar-refractivity contribution >= 4 is 11.5 Å². The number of hydrogen-bond acceptors (Lipinski definition) is 3. The largest absolute Gasteiger partial charge is 0.398 e. The minimum atomic E-state index is -0.690. The zero-order valence-electron chi connectivity index (χ0n) is 12.3. The Labute approximate surface area is 125 Å². The number of nitrogen functional groups attached to an aromatic ring is 1. The Morgan fingerprint density at radius 3 is 2.48 bits per heavy atom. The molecule has 2 aromatic carbocycles. The van der Waals surface area contributed by atoms with Gasteiger partial charge in [0.05, 0.1) is 6.10 Å². The van der Waals surface area contributed by atoms with E-state index in [1.54, 1.807) is 0 Å². The lowest BCUT2D eigenvalue weighted by Gasteiger charge is -2.14. The number of carbonyl (C=O) groups is 1. The first-order valence-corrected chi connectivity index (χ1v) is 7.26. The van der Waals surface area contributed by atoms with Crippen LogP contribution in [0.5, 0.6) is 0 Å². The Balaban J connectivity index is 2.14. The van der Waals surface area contributed by atoms with Gasteiger partial charge in [-0.05, 0) is 23.6 Å². The quantitative estimate of drug-likeness (QED) is 0.794. The first-order valence-electron chi connectivity index (χ1n) is 7.26. The third kappa shape index (κ3) is 3.92. The number of rotatable bonds is 6. The first kappa shape index (κ1) is 15.3. The monoisotopic (exact) mass is 283 g/mol. The van der Waals surface area contributed by atoms with E-state index in [0.29, 0.717) is 30.5 Å². The second-order valence-corrected chi connectivity index (χ2v) is 5.16. The maximum atomic E-state index is 11.3. The Hall–Kier alpha value is -2.13. The number of nitrogens with two attached hydrogens (primary N) is 1. The van der Waals surface area contributed by atoms with Gasteiger partial charge < -0.3 is 10.8 Å². The minimum absolute atomic E-state index is 0.161. The van der Waals surface area contributed by atoms with Crippen LogP contribution < -0.4 is 5.73 Å². The molecule has 3 nitrogen and oxygen atoms in total. The molecule has 2 rings (SSSR count). The van der Waals surface area contributed by atoms with E-state index in [9.17, 15) is 9.90 Å². The molecule has 0 saturated carbocycles. The van der Waals surface area contributed by atoms with Crippen molar-refractivity contribution in [2.45, 2.75) is 32.3 Å². The van der Waals surface area contributed by atoms with E-state index in [2.05, 4.69) is 0 Å². The highest BCUT2D eigenvalue weighted by Crippen LogP contribution is 2.29. The molecule has 110 valence electrons. The lowest BCUT2D eigenvalue weighted by molar-refractivity contribution is -0.119. The summed E-state index contributed by atoms with van der Waals surface area (Å²) in [5, 5.41) is 10.2. The lowest BCUT2D eigenvalue weighted by atomic mass is 9.97. The van der Waals surface area contributed by atoms with Gasteiger partial charge in [-0.2, -0.15) is 0 Å². The van der Waals surface area contributed by atoms with Crippen LogP contribution in [-0.4, -0.2) is 10.9 Å². The Morgan fingerprint density at radius 2 is 1.86 bits per heavy atom. The zero-order valence-corrected chi connectivity index (χ0v) is 12.3. The fraction of sp³-hybridized carbons (Fsp3) is 0.278. The summed E-state index contributed by atoms with van der Waals surface area (Å²) in [4.78, 5) is 11.3. The fourth-order valence-corrected chi connectivity index (χ4v) is 2.32. The van der Waals surface area contributed by atoms with Crippen LogP contribution in [0.3, 0.4) is 0 Å². The molecule has 3 N–H and O–H groups in total. The zero-order chi connectivity index (χ0) is 15.2. The number of hydrogen-bond donors (Lipinski definition) is 2. The van der Waals surface area contributed by atoms with Gasteiger partial charge in [0.2, 0.25) is 0 Å². The van der Waals surface area contributed by atoms with Crippen LogP contribution in [0.15, 0.2) is 48.5 Å². The van der Waals surface area contributed by atoms with Crippen LogP contribution in [0, 0.1) is 0 Å². The van der Waals surface area contributed by atoms with Gasteiger partial charge in [-0.15, -0.1) is 0 Å². The predicted molar refractivity (Wildman–Crippen MR) is 85.8 cm³/mol. The molecule has 0 saturated heterocycles. The first-order chi connectivity index (χ1) is 10.1. The summed E-state index contributed by atoms with van der Waals surface area (Å²) in [5.74, 6) is 0.161. The highest BCUT2D eigenvalue weighted by Gasteiger charge is 2.13. The molecule has 0 fully saturated rings. The van der Waals surface area contributed by atoms with E-state index in [1.807, 2.05) is 55.5 Å². The van der Waals surface area contributed by atoms with Crippen LogP contribution in [0.4, 0.5) is 5.69 Å². The number of carbonyl (C=O) groups excluding carboxylic acids is 1. The van der Waals surface area contributed by atoms with Crippen molar-refractivity contribution in [1.29, 1.82) is 0 Å². The molecular weight excluding hydrogens is 262 g/mol. The number of Topliss-reactive ketones (excluding diaryl/α,β-unsaturated/α-hetero) is 1. The summed E-state index contributed by atoms with van der Waals surface area (Å²) >= 11 is 0. The van der Waals surface area contributed by atoms with E-state index in [1.165, 1.54) is 0 Å². The van der Waals surface area contributed by atoms with Crippen LogP contribution in [0.1, 0.15) is 37.9 Å². The molecule has 0 spiro atoms. The van der Waals surface area contributed by atoms with Crippen molar-refractivity contribution < 1.29 is 9.90 Å². The molecule has 3 heteroatoms. The molecule has 0 aliphatic heterocycles. The SMILES string of the molecule is CCC(=O)CCC(O)c1ccc(-c2ccccc2)cc1N. The third-order valence-corrected chi connectivity index (χ3v) is 3.64. The van der Waals surface area contributed by atoms with Crippen molar-refractivity contribution in [1.82, 2.24) is 0 Å². The summed E-state index contributed by atoms with van der Waals surface area (Å²) in [6.45, 7) is 1.83. The van der Waals surface area contributed by atoms with Crippen LogP contribution >= 0.6 is 0 Å². The number of ketones is 1. The van der Waals surface area contributed by atoms with Crippen LogP contribution in [0.25, 0.3) is 11.1 Å². The van der Waals surface area contributed by atoms with E-state index < -0.39 is 6.10 Å². The molecule has 21 heavy (non-hydrogen) atoms. The van der Waals surface area contributed by atoms with Crippen molar-refractivity contribution in [3.05, 3.63) is 54.1 Å². The number of benzene rings is 2. The Kier molecular flexibility index (Phi) is 5.12. The van der Waals surface area contributed by atoms with Crippen molar-refractivity contribution in [2.75, 3.05) is 5.73 Å². The van der Waals surface area contributed by atoms with Gasteiger partial charge in [0.15, 0.2) is 0 Å². The van der Waals surface area contributed by atoms with Gasteiger partial charge >= 0.3 is 0 Å². The predicted octanol–water partition coefficient (Wildman–Crippen LogP) is 3.73. The molecule has 1 atom stereocenters. The smallest absolute Gasteiger partial charge is 0.132 e. The molecule has 0 radical (unpaired) electrons.